The standard InChI is InChI=1S/C23H29N3O2/c1-17-5-4-6-20(15-17)16-25-11-13-26(14-12-25)18(2)23(28)21-7-9-22(10-8-21)24-19(3)27/h4-10,15,18H,11-14,16H2,1-3H3,(H,24,27)/t18-/m1/s1. The molecule has 1 aliphatic heterocycles. The monoisotopic (exact) mass is 379 g/mol. The maximum Gasteiger partial charge on any atom is 0.221 e. The zero-order valence-electron chi connectivity index (χ0n) is 16.9. The first-order chi connectivity index (χ1) is 13.4. The molecule has 1 fully saturated rings. The summed E-state index contributed by atoms with van der Waals surface area (Å²) in [6, 6.07) is 15.6. The van der Waals surface area contributed by atoms with E-state index in [4.69, 9.17) is 0 Å². The largest absolute Gasteiger partial charge is 0.326 e. The summed E-state index contributed by atoms with van der Waals surface area (Å²) in [6.45, 7) is 10.3. The molecule has 1 saturated heterocycles. The Morgan fingerprint density at radius 2 is 1.71 bits per heavy atom. The number of carbonyl (C=O) groups excluding carboxylic acids is 2. The number of Topliss-reactive ketones (excluding diaryl/α,β-unsaturated/α-hetero) is 1. The highest BCUT2D eigenvalue weighted by atomic mass is 16.1. The molecule has 1 aliphatic rings. The molecule has 148 valence electrons. The molecule has 0 unspecified atom stereocenters. The van der Waals surface area contributed by atoms with Gasteiger partial charge in [0.15, 0.2) is 5.78 Å². The summed E-state index contributed by atoms with van der Waals surface area (Å²) < 4.78 is 0. The number of nitrogens with zero attached hydrogens (tertiary/aromatic N) is 2. The minimum Gasteiger partial charge on any atom is -0.326 e. The van der Waals surface area contributed by atoms with Gasteiger partial charge in [0.1, 0.15) is 0 Å². The zero-order valence-corrected chi connectivity index (χ0v) is 16.9. The van der Waals surface area contributed by atoms with Crippen LogP contribution in [-0.4, -0.2) is 53.7 Å². The average molecular weight is 380 g/mol. The topological polar surface area (TPSA) is 52.7 Å². The van der Waals surface area contributed by atoms with Crippen molar-refractivity contribution < 1.29 is 9.59 Å². The van der Waals surface area contributed by atoms with Crippen molar-refractivity contribution in [3.05, 3.63) is 65.2 Å². The maximum absolute atomic E-state index is 12.8. The molecule has 0 bridgehead atoms. The summed E-state index contributed by atoms with van der Waals surface area (Å²) in [4.78, 5) is 28.7. The van der Waals surface area contributed by atoms with Crippen molar-refractivity contribution in [3.8, 4) is 0 Å². The first-order valence-corrected chi connectivity index (χ1v) is 9.86. The third-order valence-corrected chi connectivity index (χ3v) is 5.31. The van der Waals surface area contributed by atoms with Crippen LogP contribution in [0.1, 0.15) is 35.3 Å². The van der Waals surface area contributed by atoms with E-state index in [0.29, 0.717) is 11.3 Å². The van der Waals surface area contributed by atoms with E-state index in [2.05, 4.69) is 46.3 Å². The normalized spacial score (nSPS) is 16.5. The maximum atomic E-state index is 12.8. The summed E-state index contributed by atoms with van der Waals surface area (Å²) in [7, 11) is 0. The van der Waals surface area contributed by atoms with Crippen LogP contribution in [0.25, 0.3) is 0 Å². The van der Waals surface area contributed by atoms with Crippen molar-refractivity contribution >= 4 is 17.4 Å². The smallest absolute Gasteiger partial charge is 0.221 e. The summed E-state index contributed by atoms with van der Waals surface area (Å²) in [5, 5.41) is 2.73. The average Bonchev–Trinajstić information content (AvgIpc) is 2.68. The van der Waals surface area contributed by atoms with Gasteiger partial charge in [-0.3, -0.25) is 19.4 Å². The Morgan fingerprint density at radius 3 is 2.32 bits per heavy atom. The van der Waals surface area contributed by atoms with Crippen LogP contribution in [0.15, 0.2) is 48.5 Å². The number of amides is 1. The number of aryl methyl sites for hydroxylation is 1. The highest BCUT2D eigenvalue weighted by molar-refractivity contribution is 6.00. The van der Waals surface area contributed by atoms with Gasteiger partial charge in [-0.2, -0.15) is 0 Å². The van der Waals surface area contributed by atoms with Gasteiger partial charge >= 0.3 is 0 Å². The number of nitrogens with one attached hydrogen (secondary N) is 1. The first-order valence-electron chi connectivity index (χ1n) is 9.86. The highest BCUT2D eigenvalue weighted by Crippen LogP contribution is 2.16. The minimum atomic E-state index is -0.146. The van der Waals surface area contributed by atoms with Gasteiger partial charge in [-0.25, -0.2) is 0 Å². The van der Waals surface area contributed by atoms with Crippen molar-refractivity contribution in [1.29, 1.82) is 0 Å². The number of hydrogen-bond donors (Lipinski definition) is 1. The van der Waals surface area contributed by atoms with Gasteiger partial charge in [0.25, 0.3) is 0 Å². The molecule has 3 rings (SSSR count). The van der Waals surface area contributed by atoms with Crippen LogP contribution in [0.4, 0.5) is 5.69 Å². The van der Waals surface area contributed by atoms with E-state index in [0.717, 1.165) is 32.7 Å². The highest BCUT2D eigenvalue weighted by Gasteiger charge is 2.26. The second-order valence-corrected chi connectivity index (χ2v) is 7.60. The van der Waals surface area contributed by atoms with Gasteiger partial charge in [-0.05, 0) is 43.7 Å². The van der Waals surface area contributed by atoms with Crippen molar-refractivity contribution in [2.75, 3.05) is 31.5 Å². The summed E-state index contributed by atoms with van der Waals surface area (Å²) in [5.41, 5.74) is 4.03. The molecule has 1 amide bonds. The molecule has 5 heteroatoms. The molecule has 0 spiro atoms. The van der Waals surface area contributed by atoms with Gasteiger partial charge in [0.2, 0.25) is 5.91 Å². The van der Waals surface area contributed by atoms with E-state index in [1.54, 1.807) is 24.3 Å². The summed E-state index contributed by atoms with van der Waals surface area (Å²) in [6.07, 6.45) is 0. The lowest BCUT2D eigenvalue weighted by Gasteiger charge is -2.37. The van der Waals surface area contributed by atoms with Crippen molar-refractivity contribution in [2.24, 2.45) is 0 Å². The van der Waals surface area contributed by atoms with Crippen molar-refractivity contribution in [2.45, 2.75) is 33.4 Å². The fraction of sp³-hybridized carbons (Fsp3) is 0.391. The molecule has 1 heterocycles. The number of benzene rings is 2. The number of anilines is 1. The van der Waals surface area contributed by atoms with E-state index in [9.17, 15) is 9.59 Å². The van der Waals surface area contributed by atoms with Crippen molar-refractivity contribution in [1.82, 2.24) is 9.80 Å². The predicted octanol–water partition coefficient (Wildman–Crippen LogP) is 3.34. The lowest BCUT2D eigenvalue weighted by Crippen LogP contribution is -2.51. The predicted molar refractivity (Wildman–Crippen MR) is 113 cm³/mol. The zero-order chi connectivity index (χ0) is 20.1. The third kappa shape index (κ3) is 5.27. The van der Waals surface area contributed by atoms with Crippen LogP contribution in [0, 0.1) is 6.92 Å². The number of carbonyl (C=O) groups is 2. The van der Waals surface area contributed by atoms with E-state index in [-0.39, 0.29) is 17.7 Å². The first kappa shape index (κ1) is 20.2. The van der Waals surface area contributed by atoms with Crippen molar-refractivity contribution in [3.63, 3.8) is 0 Å². The molecule has 2 aromatic carbocycles. The molecule has 0 aliphatic carbocycles. The van der Waals surface area contributed by atoms with E-state index >= 15 is 0 Å². The summed E-state index contributed by atoms with van der Waals surface area (Å²) in [5.74, 6) is 0.0116. The lowest BCUT2D eigenvalue weighted by molar-refractivity contribution is -0.114. The van der Waals surface area contributed by atoms with E-state index in [1.807, 2.05) is 6.92 Å². The lowest BCUT2D eigenvalue weighted by atomic mass is 10.0. The fourth-order valence-electron chi connectivity index (χ4n) is 3.71. The Balaban J connectivity index is 1.53. The molecule has 28 heavy (non-hydrogen) atoms. The van der Waals surface area contributed by atoms with Gasteiger partial charge < -0.3 is 5.32 Å². The quantitative estimate of drug-likeness (QED) is 0.782. The number of hydrogen-bond acceptors (Lipinski definition) is 4. The fourth-order valence-corrected chi connectivity index (χ4v) is 3.71. The van der Waals surface area contributed by atoms with Crippen LogP contribution in [0.5, 0.6) is 0 Å². The molecular weight excluding hydrogens is 350 g/mol. The molecule has 5 nitrogen and oxygen atoms in total. The number of ketones is 1. The van der Waals surface area contributed by atoms with Crippen LogP contribution in [0.3, 0.4) is 0 Å². The Hall–Kier alpha value is -2.50. The number of piperazine rings is 1. The Kier molecular flexibility index (Phi) is 6.60. The Labute approximate surface area is 167 Å². The van der Waals surface area contributed by atoms with Gasteiger partial charge in [-0.1, -0.05) is 29.8 Å². The molecule has 0 radical (unpaired) electrons. The molecule has 1 N–H and O–H groups in total. The second kappa shape index (κ2) is 9.13. The molecule has 0 saturated carbocycles. The minimum absolute atomic E-state index is 0.115. The van der Waals surface area contributed by atoms with Crippen LogP contribution in [0.2, 0.25) is 0 Å². The van der Waals surface area contributed by atoms with Crippen LogP contribution in [-0.2, 0) is 11.3 Å². The molecule has 0 aromatic heterocycles. The van der Waals surface area contributed by atoms with E-state index in [1.165, 1.54) is 18.1 Å². The Bertz CT molecular complexity index is 824. The van der Waals surface area contributed by atoms with Gasteiger partial charge in [0, 0.05) is 50.9 Å². The SMILES string of the molecule is CC(=O)Nc1ccc(C(=O)[C@@H](C)N2CCN(Cc3cccc(C)c3)CC2)cc1. The molecular formula is C23H29N3O2. The Morgan fingerprint density at radius 1 is 1.04 bits per heavy atom. The van der Waals surface area contributed by atoms with Gasteiger partial charge in [-0.15, -0.1) is 0 Å². The van der Waals surface area contributed by atoms with E-state index < -0.39 is 0 Å². The van der Waals surface area contributed by atoms with Gasteiger partial charge in [0.05, 0.1) is 6.04 Å². The third-order valence-electron chi connectivity index (χ3n) is 5.31. The second-order valence-electron chi connectivity index (χ2n) is 7.60. The molecule has 1 atom stereocenters. The van der Waals surface area contributed by atoms with Crippen LogP contribution < -0.4 is 5.32 Å². The van der Waals surface area contributed by atoms with Crippen LogP contribution >= 0.6 is 0 Å². The molecule has 2 aromatic rings. The summed E-state index contributed by atoms with van der Waals surface area (Å²) >= 11 is 0. The number of rotatable bonds is 6.